The van der Waals surface area contributed by atoms with Crippen LogP contribution < -0.4 is 0 Å². The largest absolute Gasteiger partial charge is 0.452 e. The molecule has 2 heterocycles. The lowest BCUT2D eigenvalue weighted by Gasteiger charge is -2.15. The monoisotopic (exact) mass is 206 g/mol. The number of aliphatic imine (C=N–C) groups is 1. The summed E-state index contributed by atoms with van der Waals surface area (Å²) < 4.78 is 11.0. The molecular weight excluding hydrogens is 192 g/mol. The normalized spacial score (nSPS) is 19.9. The van der Waals surface area contributed by atoms with Gasteiger partial charge in [-0.2, -0.15) is 0 Å². The molecule has 0 N–H and O–H groups in total. The first kappa shape index (κ1) is 10.1. The minimum atomic E-state index is -0.269. The van der Waals surface area contributed by atoms with E-state index < -0.39 is 0 Å². The van der Waals surface area contributed by atoms with Crippen LogP contribution in [0.15, 0.2) is 23.3 Å². The Labute approximate surface area is 89.0 Å². The minimum absolute atomic E-state index is 0.269. The first-order valence-corrected chi connectivity index (χ1v) is 5.07. The maximum absolute atomic E-state index is 5.52. The third-order valence-electron chi connectivity index (χ3n) is 2.16. The van der Waals surface area contributed by atoms with Crippen molar-refractivity contribution in [2.45, 2.75) is 26.6 Å². The molecule has 1 aliphatic heterocycles. The number of rotatable bonds is 2. The zero-order valence-electron chi connectivity index (χ0n) is 8.93. The van der Waals surface area contributed by atoms with Crippen LogP contribution in [0.3, 0.4) is 0 Å². The van der Waals surface area contributed by atoms with Crippen LogP contribution in [-0.4, -0.2) is 23.8 Å². The Morgan fingerprint density at radius 2 is 2.47 bits per heavy atom. The molecule has 0 saturated carbocycles. The maximum Gasteiger partial charge on any atom is 0.206 e. The van der Waals surface area contributed by atoms with Crippen LogP contribution in [0, 0.1) is 0 Å². The second-order valence-corrected chi connectivity index (χ2v) is 3.31. The van der Waals surface area contributed by atoms with Crippen molar-refractivity contribution in [3.05, 3.63) is 24.0 Å². The predicted molar refractivity (Wildman–Crippen MR) is 57.2 cm³/mol. The molecule has 80 valence electrons. The van der Waals surface area contributed by atoms with E-state index >= 15 is 0 Å². The number of aromatic nitrogens is 1. The average Bonchev–Trinajstić information content (AvgIpc) is 2.35. The molecule has 1 aliphatic rings. The molecule has 1 aromatic rings. The Kier molecular flexibility index (Phi) is 2.97. The minimum Gasteiger partial charge on any atom is -0.452 e. The van der Waals surface area contributed by atoms with Crippen molar-refractivity contribution in [3.8, 4) is 0 Å². The number of hydrogen-bond donors (Lipinski definition) is 0. The summed E-state index contributed by atoms with van der Waals surface area (Å²) in [4.78, 5) is 8.60. The molecule has 4 heteroatoms. The molecule has 0 radical (unpaired) electrons. The first-order chi connectivity index (χ1) is 7.29. The lowest BCUT2D eigenvalue weighted by Crippen LogP contribution is -2.21. The zero-order valence-corrected chi connectivity index (χ0v) is 8.93. The van der Waals surface area contributed by atoms with Gasteiger partial charge in [0.2, 0.25) is 6.29 Å². The third-order valence-corrected chi connectivity index (χ3v) is 2.16. The molecule has 1 aromatic heterocycles. The van der Waals surface area contributed by atoms with Gasteiger partial charge in [0.1, 0.15) is 0 Å². The van der Waals surface area contributed by atoms with Gasteiger partial charge in [0.25, 0.3) is 0 Å². The van der Waals surface area contributed by atoms with Crippen LogP contribution in [0.1, 0.15) is 19.5 Å². The Hall–Kier alpha value is -1.42. The van der Waals surface area contributed by atoms with Crippen molar-refractivity contribution < 1.29 is 9.47 Å². The quantitative estimate of drug-likeness (QED) is 0.744. The average molecular weight is 206 g/mol. The summed E-state index contributed by atoms with van der Waals surface area (Å²) in [7, 11) is 0. The summed E-state index contributed by atoms with van der Waals surface area (Å²) in [6, 6.07) is 3.81. The lowest BCUT2D eigenvalue weighted by atomic mass is 10.2. The Balaban J connectivity index is 2.28. The van der Waals surface area contributed by atoms with Crippen LogP contribution >= 0.6 is 0 Å². The predicted octanol–water partition coefficient (Wildman–Crippen LogP) is 2.07. The van der Waals surface area contributed by atoms with E-state index in [4.69, 9.17) is 9.47 Å². The molecule has 0 saturated heterocycles. The Morgan fingerprint density at radius 1 is 1.60 bits per heavy atom. The van der Waals surface area contributed by atoms with E-state index in [0.29, 0.717) is 18.9 Å². The molecule has 0 bridgehead atoms. The summed E-state index contributed by atoms with van der Waals surface area (Å²) in [6.45, 7) is 4.40. The highest BCUT2D eigenvalue weighted by molar-refractivity contribution is 5.77. The van der Waals surface area contributed by atoms with E-state index in [1.54, 1.807) is 6.20 Å². The van der Waals surface area contributed by atoms with Crippen LogP contribution in [-0.2, 0) is 15.9 Å². The molecule has 4 nitrogen and oxygen atoms in total. The van der Waals surface area contributed by atoms with Crippen molar-refractivity contribution in [3.63, 3.8) is 0 Å². The van der Waals surface area contributed by atoms with Gasteiger partial charge in [-0.3, -0.25) is 4.98 Å². The van der Waals surface area contributed by atoms with Crippen LogP contribution in [0.25, 0.3) is 0 Å². The van der Waals surface area contributed by atoms with Gasteiger partial charge in [-0.05, 0) is 19.1 Å². The van der Waals surface area contributed by atoms with Crippen molar-refractivity contribution in [2.75, 3.05) is 6.61 Å². The molecule has 0 amide bonds. The number of pyridine rings is 1. The molecule has 0 spiro atoms. The molecular formula is C11H14N2O2. The van der Waals surface area contributed by atoms with Crippen LogP contribution in [0.4, 0.5) is 5.69 Å². The van der Waals surface area contributed by atoms with E-state index in [0.717, 1.165) is 11.4 Å². The van der Waals surface area contributed by atoms with Gasteiger partial charge in [0.15, 0.2) is 5.90 Å². The van der Waals surface area contributed by atoms with Gasteiger partial charge in [0.05, 0.1) is 17.8 Å². The lowest BCUT2D eigenvalue weighted by molar-refractivity contribution is -0.0821. The summed E-state index contributed by atoms with van der Waals surface area (Å²) in [5.41, 5.74) is 1.80. The van der Waals surface area contributed by atoms with Gasteiger partial charge in [-0.25, -0.2) is 4.99 Å². The smallest absolute Gasteiger partial charge is 0.206 e. The molecule has 2 rings (SSSR count). The van der Waals surface area contributed by atoms with E-state index in [1.807, 2.05) is 26.0 Å². The highest BCUT2D eigenvalue weighted by Crippen LogP contribution is 2.22. The maximum atomic E-state index is 5.52. The summed E-state index contributed by atoms with van der Waals surface area (Å²) >= 11 is 0. The van der Waals surface area contributed by atoms with E-state index in [-0.39, 0.29) is 6.29 Å². The topological polar surface area (TPSA) is 43.7 Å². The van der Waals surface area contributed by atoms with Gasteiger partial charge in [-0.15, -0.1) is 0 Å². The van der Waals surface area contributed by atoms with Crippen molar-refractivity contribution in [2.24, 2.45) is 4.99 Å². The second-order valence-electron chi connectivity index (χ2n) is 3.31. The fourth-order valence-electron chi connectivity index (χ4n) is 1.55. The number of ether oxygens (including phenoxy) is 2. The highest BCUT2D eigenvalue weighted by Gasteiger charge is 2.18. The van der Waals surface area contributed by atoms with Crippen molar-refractivity contribution in [1.29, 1.82) is 0 Å². The van der Waals surface area contributed by atoms with Gasteiger partial charge >= 0.3 is 0 Å². The first-order valence-electron chi connectivity index (χ1n) is 5.07. The molecule has 0 aliphatic carbocycles. The fourth-order valence-corrected chi connectivity index (χ4v) is 1.55. The van der Waals surface area contributed by atoms with E-state index in [2.05, 4.69) is 9.98 Å². The van der Waals surface area contributed by atoms with E-state index in [1.165, 1.54) is 0 Å². The summed E-state index contributed by atoms with van der Waals surface area (Å²) in [5, 5.41) is 0. The van der Waals surface area contributed by atoms with Crippen molar-refractivity contribution in [1.82, 2.24) is 4.98 Å². The molecule has 1 unspecified atom stereocenters. The summed E-state index contributed by atoms with van der Waals surface area (Å²) in [6.07, 6.45) is 2.14. The molecule has 15 heavy (non-hydrogen) atoms. The van der Waals surface area contributed by atoms with Crippen molar-refractivity contribution >= 4 is 11.6 Å². The number of fused-ring (bicyclic) bond motifs is 1. The van der Waals surface area contributed by atoms with E-state index in [9.17, 15) is 0 Å². The fraction of sp³-hybridized carbons (Fsp3) is 0.455. The number of nitrogens with zero attached hydrogens (tertiary/aromatic N) is 2. The third kappa shape index (κ3) is 2.33. The SMILES string of the molecule is CCOC1Cc2ncccc2N=C(C)O1. The highest BCUT2D eigenvalue weighted by atomic mass is 16.7. The van der Waals surface area contributed by atoms with Gasteiger partial charge in [0, 0.05) is 19.7 Å². The van der Waals surface area contributed by atoms with Crippen LogP contribution in [0.2, 0.25) is 0 Å². The van der Waals surface area contributed by atoms with Gasteiger partial charge < -0.3 is 9.47 Å². The Bertz CT molecular complexity index is 377. The molecule has 1 atom stereocenters. The zero-order chi connectivity index (χ0) is 10.7. The molecule has 0 fully saturated rings. The van der Waals surface area contributed by atoms with Gasteiger partial charge in [-0.1, -0.05) is 0 Å². The van der Waals surface area contributed by atoms with Crippen LogP contribution in [0.5, 0.6) is 0 Å². The number of hydrogen-bond acceptors (Lipinski definition) is 4. The summed E-state index contributed by atoms with van der Waals surface area (Å²) in [5.74, 6) is 0.625. The standard InChI is InChI=1S/C11H14N2O2/c1-3-14-11-7-10-9(5-4-6-12-10)13-8(2)15-11/h4-6,11H,3,7H2,1-2H3. The molecule has 0 aromatic carbocycles. The Morgan fingerprint density at radius 3 is 3.27 bits per heavy atom. The second kappa shape index (κ2) is 4.40.